The first-order valence-corrected chi connectivity index (χ1v) is 5.94. The number of carbonyl (C=O) groups excluding carboxylic acids is 1. The smallest absolute Gasteiger partial charge is 0.322 e. The van der Waals surface area contributed by atoms with Crippen LogP contribution in [0.25, 0.3) is 5.57 Å². The van der Waals surface area contributed by atoms with Crippen LogP contribution in [-0.2, 0) is 9.59 Å². The number of nitrogens with zero attached hydrogens (tertiary/aromatic N) is 1. The van der Waals surface area contributed by atoms with E-state index < -0.39 is 24.5 Å². The molecular formula is C13H15N3O3. The van der Waals surface area contributed by atoms with Crippen molar-refractivity contribution in [3.63, 3.8) is 0 Å². The van der Waals surface area contributed by atoms with Gasteiger partial charge in [-0.25, -0.2) is 0 Å². The van der Waals surface area contributed by atoms with Crippen LogP contribution < -0.4 is 21.6 Å². The molecule has 6 heteroatoms. The largest absolute Gasteiger partial charge is 0.480 e. The second-order valence-corrected chi connectivity index (χ2v) is 4.36. The molecule has 0 radical (unpaired) electrons. The van der Waals surface area contributed by atoms with Crippen molar-refractivity contribution in [3.8, 4) is 0 Å². The molecule has 1 aliphatic rings. The van der Waals surface area contributed by atoms with Crippen molar-refractivity contribution < 1.29 is 14.7 Å². The number of aliphatic carboxylic acids is 1. The number of carboxylic acids is 1. The minimum atomic E-state index is -1.09. The molecule has 0 unspecified atom stereocenters. The Morgan fingerprint density at radius 2 is 2.16 bits per heavy atom. The summed E-state index contributed by atoms with van der Waals surface area (Å²) in [6.07, 6.45) is 0.381. The highest BCUT2D eigenvalue weighted by Gasteiger charge is 2.17. The van der Waals surface area contributed by atoms with Crippen LogP contribution in [0, 0.1) is 0 Å². The van der Waals surface area contributed by atoms with Gasteiger partial charge in [0, 0.05) is 5.22 Å². The van der Waals surface area contributed by atoms with Crippen molar-refractivity contribution in [2.75, 3.05) is 13.1 Å². The lowest BCUT2D eigenvalue weighted by molar-refractivity contribution is -0.138. The number of fused-ring (bicyclic) bond motifs is 1. The van der Waals surface area contributed by atoms with Gasteiger partial charge in [-0.2, -0.15) is 0 Å². The molecule has 6 nitrogen and oxygen atoms in total. The quantitative estimate of drug-likeness (QED) is 0.593. The lowest BCUT2D eigenvalue weighted by atomic mass is 10.0. The van der Waals surface area contributed by atoms with Gasteiger partial charge in [-0.1, -0.05) is 18.2 Å². The Morgan fingerprint density at radius 1 is 1.42 bits per heavy atom. The zero-order chi connectivity index (χ0) is 13.8. The van der Waals surface area contributed by atoms with Crippen molar-refractivity contribution >= 4 is 17.4 Å². The van der Waals surface area contributed by atoms with Gasteiger partial charge in [0.25, 0.3) is 0 Å². The number of hydrogen-bond acceptors (Lipinski definition) is 4. The van der Waals surface area contributed by atoms with Crippen LogP contribution in [0.4, 0.5) is 0 Å². The van der Waals surface area contributed by atoms with Crippen molar-refractivity contribution in [2.24, 2.45) is 10.7 Å². The predicted octanol–water partition coefficient (Wildman–Crippen LogP) is -1.61. The Kier molecular flexibility index (Phi) is 3.91. The summed E-state index contributed by atoms with van der Waals surface area (Å²) in [6.45, 7) is 0.127. The van der Waals surface area contributed by atoms with Crippen molar-refractivity contribution in [1.82, 2.24) is 5.32 Å². The summed E-state index contributed by atoms with van der Waals surface area (Å²) >= 11 is 0. The molecule has 2 rings (SSSR count). The minimum Gasteiger partial charge on any atom is -0.480 e. The standard InChI is InChI=1S/C13H15N3O3/c14-10(13(19)16-7-12(17)18)5-8-6-15-11-4-2-1-3-9(8)11/h1-4,10H,5-7,14H2,(H,16,19)(H,17,18)/t10-/m1/s1. The number of nitrogens with one attached hydrogen (secondary N) is 1. The van der Waals surface area contributed by atoms with Gasteiger partial charge in [-0.05, 0) is 18.1 Å². The molecule has 1 amide bonds. The van der Waals surface area contributed by atoms with Crippen molar-refractivity contribution in [2.45, 2.75) is 12.5 Å². The van der Waals surface area contributed by atoms with E-state index in [1.165, 1.54) is 0 Å². The molecule has 0 spiro atoms. The van der Waals surface area contributed by atoms with Gasteiger partial charge in [0.05, 0.1) is 17.9 Å². The summed E-state index contributed by atoms with van der Waals surface area (Å²) in [5.74, 6) is -1.55. The molecule has 0 bridgehead atoms. The van der Waals surface area contributed by atoms with Gasteiger partial charge in [-0.3, -0.25) is 14.6 Å². The Morgan fingerprint density at radius 3 is 2.89 bits per heavy atom. The van der Waals surface area contributed by atoms with Gasteiger partial charge in [0.15, 0.2) is 0 Å². The molecule has 19 heavy (non-hydrogen) atoms. The average Bonchev–Trinajstić information content (AvgIpc) is 2.79. The number of carboxylic acid groups (broad SMARTS) is 1. The molecule has 0 saturated carbocycles. The maximum Gasteiger partial charge on any atom is 0.322 e. The number of amides is 1. The molecule has 0 saturated heterocycles. The number of hydrogen-bond donors (Lipinski definition) is 3. The third-order valence-electron chi connectivity index (χ3n) is 2.94. The highest BCUT2D eigenvalue weighted by Crippen LogP contribution is 2.06. The Bertz CT molecular complexity index is 624. The zero-order valence-electron chi connectivity index (χ0n) is 10.3. The molecule has 1 aromatic carbocycles. The fourth-order valence-electron chi connectivity index (χ4n) is 2.00. The molecular weight excluding hydrogens is 246 g/mol. The highest BCUT2D eigenvalue weighted by molar-refractivity contribution is 5.86. The summed E-state index contributed by atoms with van der Waals surface area (Å²) in [5.41, 5.74) is 6.78. The van der Waals surface area contributed by atoms with Gasteiger partial charge in [-0.15, -0.1) is 0 Å². The number of carbonyl (C=O) groups is 2. The van der Waals surface area contributed by atoms with E-state index in [-0.39, 0.29) is 0 Å². The minimum absolute atomic E-state index is 0.381. The summed E-state index contributed by atoms with van der Waals surface area (Å²) in [5, 5.41) is 12.7. The van der Waals surface area contributed by atoms with Crippen LogP contribution >= 0.6 is 0 Å². The molecule has 100 valence electrons. The van der Waals surface area contributed by atoms with Gasteiger partial charge in [0.2, 0.25) is 5.91 Å². The second-order valence-electron chi connectivity index (χ2n) is 4.36. The maximum absolute atomic E-state index is 11.6. The van der Waals surface area contributed by atoms with Gasteiger partial charge >= 0.3 is 5.97 Å². The maximum atomic E-state index is 11.6. The third-order valence-corrected chi connectivity index (χ3v) is 2.94. The molecule has 0 aromatic heterocycles. The normalized spacial score (nSPS) is 14.5. The van der Waals surface area contributed by atoms with Gasteiger partial charge in [0.1, 0.15) is 6.54 Å². The molecule has 0 fully saturated rings. The van der Waals surface area contributed by atoms with E-state index in [2.05, 4.69) is 10.3 Å². The Labute approximate surface area is 109 Å². The Hall–Kier alpha value is -2.21. The molecule has 1 aliphatic heterocycles. The van der Waals surface area contributed by atoms with E-state index in [1.54, 1.807) is 0 Å². The summed E-state index contributed by atoms with van der Waals surface area (Å²) in [7, 11) is 0. The number of rotatable bonds is 5. The van der Waals surface area contributed by atoms with Crippen LogP contribution in [0.5, 0.6) is 0 Å². The van der Waals surface area contributed by atoms with E-state index >= 15 is 0 Å². The number of nitrogens with two attached hydrogens (primary N) is 1. The third kappa shape index (κ3) is 3.17. The first-order chi connectivity index (χ1) is 9.08. The van der Waals surface area contributed by atoms with E-state index in [9.17, 15) is 9.59 Å². The fraction of sp³-hybridized carbons (Fsp3) is 0.308. The van der Waals surface area contributed by atoms with Crippen LogP contribution in [0.1, 0.15) is 6.42 Å². The van der Waals surface area contributed by atoms with Crippen LogP contribution in [0.2, 0.25) is 0 Å². The van der Waals surface area contributed by atoms with Crippen molar-refractivity contribution in [1.29, 1.82) is 0 Å². The summed E-state index contributed by atoms with van der Waals surface area (Å²) in [4.78, 5) is 26.3. The topological polar surface area (TPSA) is 105 Å². The lowest BCUT2D eigenvalue weighted by Crippen LogP contribution is -2.43. The average molecular weight is 261 g/mol. The lowest BCUT2D eigenvalue weighted by Gasteiger charge is -2.11. The molecule has 1 atom stereocenters. The van der Waals surface area contributed by atoms with E-state index in [0.717, 1.165) is 16.1 Å². The first kappa shape index (κ1) is 13.2. The SMILES string of the molecule is N[C@H](CC1=c2ccccc2=NC1)C(=O)NCC(=O)O. The van der Waals surface area contributed by atoms with Crippen molar-refractivity contribution in [3.05, 3.63) is 34.8 Å². The summed E-state index contributed by atoms with van der Waals surface area (Å²) in [6, 6.07) is 6.93. The first-order valence-electron chi connectivity index (χ1n) is 5.94. The van der Waals surface area contributed by atoms with Crippen LogP contribution in [0.15, 0.2) is 29.3 Å². The zero-order valence-corrected chi connectivity index (χ0v) is 10.3. The van der Waals surface area contributed by atoms with E-state index in [0.29, 0.717) is 13.0 Å². The molecule has 1 aromatic rings. The van der Waals surface area contributed by atoms with E-state index in [4.69, 9.17) is 10.8 Å². The van der Waals surface area contributed by atoms with Crippen LogP contribution in [0.3, 0.4) is 0 Å². The van der Waals surface area contributed by atoms with Crippen LogP contribution in [-0.4, -0.2) is 36.1 Å². The van der Waals surface area contributed by atoms with Gasteiger partial charge < -0.3 is 16.2 Å². The number of benzene rings is 1. The monoisotopic (exact) mass is 261 g/mol. The fourth-order valence-corrected chi connectivity index (χ4v) is 2.00. The molecule has 0 aliphatic carbocycles. The predicted molar refractivity (Wildman–Crippen MR) is 68.7 cm³/mol. The Balaban J connectivity index is 2.05. The second kappa shape index (κ2) is 5.62. The molecule has 4 N–H and O–H groups in total. The highest BCUT2D eigenvalue weighted by atomic mass is 16.4. The molecule has 1 heterocycles. The number of para-hydroxylation sites is 1. The summed E-state index contributed by atoms with van der Waals surface area (Å²) < 4.78 is 0. The van der Waals surface area contributed by atoms with E-state index in [1.807, 2.05) is 24.3 Å².